The van der Waals surface area contributed by atoms with Crippen LogP contribution in [0.4, 0.5) is 5.69 Å². The van der Waals surface area contributed by atoms with Crippen LogP contribution in [0.25, 0.3) is 0 Å². The van der Waals surface area contributed by atoms with Gasteiger partial charge >= 0.3 is 0 Å². The number of anilines is 1. The fraction of sp³-hybridized carbons (Fsp3) is 0.167. The van der Waals surface area contributed by atoms with Crippen molar-refractivity contribution in [1.82, 2.24) is 14.8 Å². The van der Waals surface area contributed by atoms with Gasteiger partial charge in [0.1, 0.15) is 18.4 Å². The highest BCUT2D eigenvalue weighted by Crippen LogP contribution is 2.21. The van der Waals surface area contributed by atoms with E-state index in [1.165, 1.54) is 6.33 Å². The summed E-state index contributed by atoms with van der Waals surface area (Å²) in [6.45, 7) is 2.45. The van der Waals surface area contributed by atoms with Gasteiger partial charge in [0.2, 0.25) is 0 Å². The predicted molar refractivity (Wildman–Crippen MR) is 95.9 cm³/mol. The maximum Gasteiger partial charge on any atom is 0.262 e. The molecule has 6 nitrogen and oxygen atoms in total. The molecule has 0 fully saturated rings. The molecule has 25 heavy (non-hydrogen) atoms. The minimum absolute atomic E-state index is 0.0663. The monoisotopic (exact) mass is 356 g/mol. The quantitative estimate of drug-likeness (QED) is 0.735. The maximum absolute atomic E-state index is 12.0. The minimum atomic E-state index is -0.224. The number of benzene rings is 2. The van der Waals surface area contributed by atoms with Crippen molar-refractivity contribution < 1.29 is 9.53 Å². The van der Waals surface area contributed by atoms with Crippen molar-refractivity contribution in [3.05, 3.63) is 71.3 Å². The molecule has 0 saturated carbocycles. The van der Waals surface area contributed by atoms with Crippen LogP contribution in [-0.2, 0) is 11.3 Å². The van der Waals surface area contributed by atoms with Gasteiger partial charge in [-0.1, -0.05) is 23.7 Å². The Bertz CT molecular complexity index is 848. The molecule has 1 heterocycles. The molecule has 0 radical (unpaired) electrons. The van der Waals surface area contributed by atoms with Crippen molar-refractivity contribution in [2.24, 2.45) is 0 Å². The lowest BCUT2D eigenvalue weighted by molar-refractivity contribution is -0.118. The smallest absolute Gasteiger partial charge is 0.262 e. The van der Waals surface area contributed by atoms with Crippen LogP contribution in [-0.4, -0.2) is 27.3 Å². The summed E-state index contributed by atoms with van der Waals surface area (Å²) in [6.07, 6.45) is 3.16. The van der Waals surface area contributed by atoms with Crippen molar-refractivity contribution >= 4 is 23.2 Å². The third-order valence-corrected chi connectivity index (χ3v) is 3.78. The first-order valence-corrected chi connectivity index (χ1v) is 8.08. The summed E-state index contributed by atoms with van der Waals surface area (Å²) in [6, 6.07) is 12.8. The molecule has 0 aliphatic carbocycles. The molecule has 3 aromatic rings. The molecule has 0 unspecified atom stereocenters. The standard InChI is InChI=1S/C18H17ClN4O2/c1-13-8-15(19)4-7-17(13)25-10-18(24)22-16-5-2-14(3-6-16)9-23-12-20-11-21-23/h2-8,11-12H,9-10H2,1H3,(H,22,24). The van der Waals surface area contributed by atoms with E-state index in [1.807, 2.05) is 31.2 Å². The second-order valence-electron chi connectivity index (χ2n) is 5.54. The van der Waals surface area contributed by atoms with E-state index in [-0.39, 0.29) is 12.5 Å². The number of nitrogens with one attached hydrogen (secondary N) is 1. The van der Waals surface area contributed by atoms with Crippen LogP contribution in [0.1, 0.15) is 11.1 Å². The van der Waals surface area contributed by atoms with Crippen molar-refractivity contribution in [3.8, 4) is 5.75 Å². The number of carbonyl (C=O) groups excluding carboxylic acids is 1. The Hall–Kier alpha value is -2.86. The number of halogens is 1. The van der Waals surface area contributed by atoms with Gasteiger partial charge in [-0.2, -0.15) is 5.10 Å². The Kier molecular flexibility index (Phi) is 5.30. The SMILES string of the molecule is Cc1cc(Cl)ccc1OCC(=O)Nc1ccc(Cn2cncn2)cc1. The second kappa shape index (κ2) is 7.81. The number of carbonyl (C=O) groups is 1. The zero-order valence-corrected chi connectivity index (χ0v) is 14.4. The van der Waals surface area contributed by atoms with Crippen LogP contribution in [0.2, 0.25) is 5.02 Å². The van der Waals surface area contributed by atoms with Crippen molar-refractivity contribution in [2.45, 2.75) is 13.5 Å². The fourth-order valence-electron chi connectivity index (χ4n) is 2.31. The van der Waals surface area contributed by atoms with E-state index in [2.05, 4.69) is 15.4 Å². The predicted octanol–water partition coefficient (Wildman–Crippen LogP) is 3.31. The van der Waals surface area contributed by atoms with E-state index >= 15 is 0 Å². The number of amides is 1. The summed E-state index contributed by atoms with van der Waals surface area (Å²) in [5.74, 6) is 0.418. The molecule has 0 saturated heterocycles. The van der Waals surface area contributed by atoms with Crippen LogP contribution >= 0.6 is 11.6 Å². The number of rotatable bonds is 6. The molecule has 0 bridgehead atoms. The number of ether oxygens (including phenoxy) is 1. The number of aryl methyl sites for hydroxylation is 1. The zero-order chi connectivity index (χ0) is 17.6. The van der Waals surface area contributed by atoms with Crippen LogP contribution in [0.3, 0.4) is 0 Å². The highest BCUT2D eigenvalue weighted by atomic mass is 35.5. The summed E-state index contributed by atoms with van der Waals surface area (Å²) < 4.78 is 7.26. The van der Waals surface area contributed by atoms with Crippen LogP contribution in [0.15, 0.2) is 55.1 Å². The summed E-state index contributed by atoms with van der Waals surface area (Å²) in [5, 5.41) is 7.50. The third-order valence-electron chi connectivity index (χ3n) is 3.54. The van der Waals surface area contributed by atoms with Crippen LogP contribution in [0, 0.1) is 6.92 Å². The van der Waals surface area contributed by atoms with Crippen LogP contribution in [0.5, 0.6) is 5.75 Å². The second-order valence-corrected chi connectivity index (χ2v) is 5.97. The fourth-order valence-corrected chi connectivity index (χ4v) is 2.54. The van der Waals surface area contributed by atoms with Gasteiger partial charge in [0.15, 0.2) is 6.61 Å². The summed E-state index contributed by atoms with van der Waals surface area (Å²) in [4.78, 5) is 15.9. The number of nitrogens with zero attached hydrogens (tertiary/aromatic N) is 3. The van der Waals surface area contributed by atoms with E-state index in [1.54, 1.807) is 29.2 Å². The molecule has 1 N–H and O–H groups in total. The van der Waals surface area contributed by atoms with E-state index in [4.69, 9.17) is 16.3 Å². The van der Waals surface area contributed by atoms with Crippen LogP contribution < -0.4 is 10.1 Å². The van der Waals surface area contributed by atoms with E-state index in [9.17, 15) is 4.79 Å². The molecule has 7 heteroatoms. The van der Waals surface area contributed by atoms with Gasteiger partial charge in [-0.3, -0.25) is 4.79 Å². The maximum atomic E-state index is 12.0. The summed E-state index contributed by atoms with van der Waals surface area (Å²) in [5.41, 5.74) is 2.66. The first-order chi connectivity index (χ1) is 12.1. The van der Waals surface area contributed by atoms with Gasteiger partial charge in [0, 0.05) is 10.7 Å². The number of hydrogen-bond acceptors (Lipinski definition) is 4. The minimum Gasteiger partial charge on any atom is -0.483 e. The van der Waals surface area contributed by atoms with Crippen molar-refractivity contribution in [3.63, 3.8) is 0 Å². The summed E-state index contributed by atoms with van der Waals surface area (Å²) in [7, 11) is 0. The summed E-state index contributed by atoms with van der Waals surface area (Å²) >= 11 is 5.90. The van der Waals surface area contributed by atoms with Gasteiger partial charge in [-0.15, -0.1) is 0 Å². The van der Waals surface area contributed by atoms with E-state index < -0.39 is 0 Å². The van der Waals surface area contributed by atoms with Gasteiger partial charge in [-0.25, -0.2) is 9.67 Å². The molecular formula is C18H17ClN4O2. The lowest BCUT2D eigenvalue weighted by atomic mass is 10.2. The molecule has 0 aliphatic heterocycles. The molecule has 0 spiro atoms. The van der Waals surface area contributed by atoms with E-state index in [0.29, 0.717) is 23.0 Å². The molecule has 1 amide bonds. The Morgan fingerprint density at radius 3 is 2.72 bits per heavy atom. The van der Waals surface area contributed by atoms with Gasteiger partial charge in [0.05, 0.1) is 6.54 Å². The Balaban J connectivity index is 1.52. The van der Waals surface area contributed by atoms with Gasteiger partial charge in [-0.05, 0) is 48.4 Å². The molecule has 128 valence electrons. The zero-order valence-electron chi connectivity index (χ0n) is 13.6. The normalized spacial score (nSPS) is 10.5. The topological polar surface area (TPSA) is 69.0 Å². The molecule has 0 atom stereocenters. The Morgan fingerprint density at radius 1 is 1.24 bits per heavy atom. The van der Waals surface area contributed by atoms with Crippen molar-refractivity contribution in [2.75, 3.05) is 11.9 Å². The van der Waals surface area contributed by atoms with Crippen molar-refractivity contribution in [1.29, 1.82) is 0 Å². The Labute approximate surface area is 150 Å². The highest BCUT2D eigenvalue weighted by Gasteiger charge is 2.06. The average molecular weight is 357 g/mol. The average Bonchev–Trinajstić information content (AvgIpc) is 3.09. The molecule has 3 rings (SSSR count). The first kappa shape index (κ1) is 17.0. The van der Waals surface area contributed by atoms with Gasteiger partial charge in [0.25, 0.3) is 5.91 Å². The lowest BCUT2D eigenvalue weighted by Gasteiger charge is -2.10. The van der Waals surface area contributed by atoms with Gasteiger partial charge < -0.3 is 10.1 Å². The highest BCUT2D eigenvalue weighted by molar-refractivity contribution is 6.30. The largest absolute Gasteiger partial charge is 0.483 e. The molecule has 0 aliphatic rings. The third kappa shape index (κ3) is 4.81. The number of aromatic nitrogens is 3. The Morgan fingerprint density at radius 2 is 2.04 bits per heavy atom. The number of hydrogen-bond donors (Lipinski definition) is 1. The molecule has 1 aromatic heterocycles. The van der Waals surface area contributed by atoms with E-state index in [0.717, 1.165) is 11.1 Å². The lowest BCUT2D eigenvalue weighted by Crippen LogP contribution is -2.20. The molecular weight excluding hydrogens is 340 g/mol. The molecule has 2 aromatic carbocycles. The first-order valence-electron chi connectivity index (χ1n) is 7.70.